The number of carbonyl (C=O) groups is 2. The average Bonchev–Trinajstić information content (AvgIpc) is 3.02. The molecule has 2 heterocycles. The minimum atomic E-state index is -0.882. The van der Waals surface area contributed by atoms with E-state index in [9.17, 15) is 18.4 Å². The van der Waals surface area contributed by atoms with Crippen molar-refractivity contribution in [1.82, 2.24) is 14.9 Å². The number of imidazole rings is 1. The molecule has 0 saturated carbocycles. The number of aromatic nitrogens is 2. The first kappa shape index (κ1) is 17.8. The lowest BCUT2D eigenvalue weighted by molar-refractivity contribution is 0.0952. The zero-order valence-electron chi connectivity index (χ0n) is 14.0. The van der Waals surface area contributed by atoms with Crippen molar-refractivity contribution >= 4 is 17.5 Å². The van der Waals surface area contributed by atoms with Crippen LogP contribution in [-0.2, 0) is 13.0 Å². The Labute approximate surface area is 148 Å². The van der Waals surface area contributed by atoms with Crippen molar-refractivity contribution in [3.05, 3.63) is 59.7 Å². The molecule has 2 N–H and O–H groups in total. The Morgan fingerprint density at radius 3 is 2.81 bits per heavy atom. The van der Waals surface area contributed by atoms with Gasteiger partial charge in [0.25, 0.3) is 11.8 Å². The second-order valence-corrected chi connectivity index (χ2v) is 5.92. The molecule has 136 valence electrons. The fraction of sp³-hybridized carbons (Fsp3) is 0.278. The second kappa shape index (κ2) is 7.47. The van der Waals surface area contributed by atoms with E-state index in [1.165, 1.54) is 0 Å². The van der Waals surface area contributed by atoms with Crippen LogP contribution in [0.4, 0.5) is 14.5 Å². The monoisotopic (exact) mass is 360 g/mol. The highest BCUT2D eigenvalue weighted by Crippen LogP contribution is 2.22. The van der Waals surface area contributed by atoms with Crippen molar-refractivity contribution in [3.63, 3.8) is 0 Å². The van der Waals surface area contributed by atoms with Crippen LogP contribution >= 0.6 is 0 Å². The Balaban J connectivity index is 1.91. The molecule has 2 aromatic rings. The largest absolute Gasteiger partial charge is 0.347 e. The average molecular weight is 360 g/mol. The van der Waals surface area contributed by atoms with Crippen LogP contribution < -0.4 is 10.6 Å². The van der Waals surface area contributed by atoms with Gasteiger partial charge in [-0.25, -0.2) is 13.8 Å². The summed E-state index contributed by atoms with van der Waals surface area (Å²) in [5.74, 6) is -2.62. The number of halogens is 2. The highest BCUT2D eigenvalue weighted by Gasteiger charge is 2.27. The summed E-state index contributed by atoms with van der Waals surface area (Å²) in [7, 11) is 0. The van der Waals surface area contributed by atoms with Crippen molar-refractivity contribution in [1.29, 1.82) is 0 Å². The quantitative estimate of drug-likeness (QED) is 0.805. The summed E-state index contributed by atoms with van der Waals surface area (Å²) in [5, 5.41) is 5.04. The van der Waals surface area contributed by atoms with Crippen LogP contribution in [0.5, 0.6) is 0 Å². The van der Waals surface area contributed by atoms with Gasteiger partial charge in [0.2, 0.25) is 0 Å². The van der Waals surface area contributed by atoms with Gasteiger partial charge in [-0.3, -0.25) is 9.59 Å². The minimum absolute atomic E-state index is 0.0344. The summed E-state index contributed by atoms with van der Waals surface area (Å²) < 4.78 is 28.5. The summed E-state index contributed by atoms with van der Waals surface area (Å²) >= 11 is 0. The molecule has 0 fully saturated rings. The Hall–Kier alpha value is -3.03. The maximum absolute atomic E-state index is 13.8. The SMILES string of the molecule is C=CCNC(=O)c1nc(C(=O)Nc2ccc(F)cc2F)n2c1CCCC2. The molecule has 0 radical (unpaired) electrons. The number of nitrogens with one attached hydrogen (secondary N) is 2. The number of anilines is 1. The zero-order valence-corrected chi connectivity index (χ0v) is 14.0. The predicted octanol–water partition coefficient (Wildman–Crippen LogP) is 2.67. The third-order valence-electron chi connectivity index (χ3n) is 4.12. The number of hydrogen-bond donors (Lipinski definition) is 2. The highest BCUT2D eigenvalue weighted by molar-refractivity contribution is 6.03. The molecule has 0 unspecified atom stereocenters. The fourth-order valence-corrected chi connectivity index (χ4v) is 2.92. The molecular formula is C18H18F2N4O2. The zero-order chi connectivity index (χ0) is 18.7. The Morgan fingerprint density at radius 2 is 2.08 bits per heavy atom. The summed E-state index contributed by atoms with van der Waals surface area (Å²) in [4.78, 5) is 29.1. The molecule has 0 spiro atoms. The van der Waals surface area contributed by atoms with Crippen LogP contribution in [-0.4, -0.2) is 27.9 Å². The van der Waals surface area contributed by atoms with E-state index >= 15 is 0 Å². The molecule has 1 aromatic heterocycles. The molecule has 6 nitrogen and oxygen atoms in total. The summed E-state index contributed by atoms with van der Waals surface area (Å²) in [6, 6.07) is 2.87. The van der Waals surface area contributed by atoms with E-state index in [-0.39, 0.29) is 29.7 Å². The van der Waals surface area contributed by atoms with E-state index in [1.807, 2.05) is 0 Å². The first-order valence-electron chi connectivity index (χ1n) is 8.26. The van der Waals surface area contributed by atoms with E-state index in [1.54, 1.807) is 10.6 Å². The Kier molecular flexibility index (Phi) is 5.11. The smallest absolute Gasteiger partial charge is 0.291 e. The molecule has 0 atom stereocenters. The molecule has 0 aliphatic carbocycles. The van der Waals surface area contributed by atoms with Gasteiger partial charge in [-0.15, -0.1) is 6.58 Å². The van der Waals surface area contributed by atoms with Gasteiger partial charge in [-0.05, 0) is 31.4 Å². The van der Waals surface area contributed by atoms with Gasteiger partial charge in [-0.2, -0.15) is 0 Å². The molecule has 1 aliphatic rings. The van der Waals surface area contributed by atoms with Gasteiger partial charge in [0.1, 0.15) is 17.3 Å². The lowest BCUT2D eigenvalue weighted by atomic mass is 10.1. The number of rotatable bonds is 5. The number of benzene rings is 1. The number of hydrogen-bond acceptors (Lipinski definition) is 3. The summed E-state index contributed by atoms with van der Waals surface area (Å²) in [6.07, 6.45) is 3.91. The molecule has 26 heavy (non-hydrogen) atoms. The molecule has 3 rings (SSSR count). The third kappa shape index (κ3) is 3.49. The lowest BCUT2D eigenvalue weighted by Crippen LogP contribution is -2.25. The number of amides is 2. The van der Waals surface area contributed by atoms with E-state index in [4.69, 9.17) is 0 Å². The van der Waals surface area contributed by atoms with Gasteiger partial charge < -0.3 is 15.2 Å². The van der Waals surface area contributed by atoms with Crippen LogP contribution in [0, 0.1) is 11.6 Å². The molecule has 1 aliphatic heterocycles. The topological polar surface area (TPSA) is 76.0 Å². The van der Waals surface area contributed by atoms with Gasteiger partial charge >= 0.3 is 0 Å². The van der Waals surface area contributed by atoms with Crippen LogP contribution in [0.3, 0.4) is 0 Å². The lowest BCUT2D eigenvalue weighted by Gasteiger charge is -2.17. The normalized spacial score (nSPS) is 13.0. The van der Waals surface area contributed by atoms with Crippen LogP contribution in [0.1, 0.15) is 39.6 Å². The first-order valence-corrected chi connectivity index (χ1v) is 8.26. The first-order chi connectivity index (χ1) is 12.5. The van der Waals surface area contributed by atoms with Gasteiger partial charge in [0.05, 0.1) is 11.4 Å². The van der Waals surface area contributed by atoms with E-state index in [2.05, 4.69) is 22.2 Å². The summed E-state index contributed by atoms with van der Waals surface area (Å²) in [5.41, 5.74) is 0.723. The van der Waals surface area contributed by atoms with E-state index in [0.717, 1.165) is 25.0 Å². The highest BCUT2D eigenvalue weighted by atomic mass is 19.1. The van der Waals surface area contributed by atoms with Gasteiger partial charge in [0, 0.05) is 19.2 Å². The van der Waals surface area contributed by atoms with E-state index in [0.29, 0.717) is 24.7 Å². The summed E-state index contributed by atoms with van der Waals surface area (Å²) in [6.45, 7) is 4.37. The van der Waals surface area contributed by atoms with Crippen molar-refractivity contribution in [2.24, 2.45) is 0 Å². The van der Waals surface area contributed by atoms with Crippen LogP contribution in [0.2, 0.25) is 0 Å². The Morgan fingerprint density at radius 1 is 1.27 bits per heavy atom. The van der Waals surface area contributed by atoms with Crippen LogP contribution in [0.25, 0.3) is 0 Å². The van der Waals surface area contributed by atoms with Crippen LogP contribution in [0.15, 0.2) is 30.9 Å². The maximum atomic E-state index is 13.8. The van der Waals surface area contributed by atoms with Crippen molar-refractivity contribution in [2.75, 3.05) is 11.9 Å². The number of carbonyl (C=O) groups excluding carboxylic acids is 2. The van der Waals surface area contributed by atoms with Crippen molar-refractivity contribution < 1.29 is 18.4 Å². The minimum Gasteiger partial charge on any atom is -0.347 e. The molecule has 0 saturated heterocycles. The Bertz CT molecular complexity index is 876. The maximum Gasteiger partial charge on any atom is 0.291 e. The molecular weight excluding hydrogens is 342 g/mol. The second-order valence-electron chi connectivity index (χ2n) is 5.92. The van der Waals surface area contributed by atoms with Gasteiger partial charge in [-0.1, -0.05) is 6.08 Å². The third-order valence-corrected chi connectivity index (χ3v) is 4.12. The van der Waals surface area contributed by atoms with Crippen molar-refractivity contribution in [2.45, 2.75) is 25.8 Å². The fourth-order valence-electron chi connectivity index (χ4n) is 2.92. The predicted molar refractivity (Wildman–Crippen MR) is 92.0 cm³/mol. The molecule has 1 aromatic carbocycles. The van der Waals surface area contributed by atoms with E-state index < -0.39 is 17.5 Å². The number of fused-ring (bicyclic) bond motifs is 1. The molecule has 2 amide bonds. The standard InChI is InChI=1S/C18H18F2N4O2/c1-2-8-21-17(25)15-14-5-3-4-9-24(14)16(23-15)18(26)22-13-7-6-11(19)10-12(13)20/h2,6-7,10H,1,3-5,8-9H2,(H,21,25)(H,22,26). The van der Waals surface area contributed by atoms with Gasteiger partial charge in [0.15, 0.2) is 5.82 Å². The number of nitrogens with zero attached hydrogens (tertiary/aromatic N) is 2. The molecule has 0 bridgehead atoms. The van der Waals surface area contributed by atoms with Crippen molar-refractivity contribution in [3.8, 4) is 0 Å². The molecule has 8 heteroatoms.